The van der Waals surface area contributed by atoms with E-state index in [1.807, 2.05) is 6.07 Å². The van der Waals surface area contributed by atoms with Crippen LogP contribution in [-0.4, -0.2) is 13.0 Å². The molecule has 0 atom stereocenters. The average molecular weight is 296 g/mol. The molecule has 1 N–H and O–H groups in total. The summed E-state index contributed by atoms with van der Waals surface area (Å²) in [5, 5.41) is 2.75. The second-order valence-electron chi connectivity index (χ2n) is 3.33. The van der Waals surface area contributed by atoms with E-state index in [0.717, 1.165) is 0 Å². The fourth-order valence-corrected chi connectivity index (χ4v) is 1.67. The summed E-state index contributed by atoms with van der Waals surface area (Å²) < 4.78 is 10.6. The smallest absolute Gasteiger partial charge is 0.258 e. The van der Waals surface area contributed by atoms with E-state index in [0.29, 0.717) is 21.7 Å². The maximum atomic E-state index is 11.8. The highest BCUT2D eigenvalue weighted by Gasteiger charge is 2.09. The van der Waals surface area contributed by atoms with Gasteiger partial charge in [-0.2, -0.15) is 0 Å². The third-order valence-electron chi connectivity index (χ3n) is 2.16. The monoisotopic (exact) mass is 295 g/mol. The van der Waals surface area contributed by atoms with Crippen molar-refractivity contribution in [3.63, 3.8) is 0 Å². The lowest BCUT2D eigenvalue weighted by Gasteiger charge is -2.05. The van der Waals surface area contributed by atoms with E-state index >= 15 is 0 Å². The van der Waals surface area contributed by atoms with Crippen LogP contribution in [0.25, 0.3) is 0 Å². The number of nitrogens with one attached hydrogen (secondary N) is 1. The molecule has 0 unspecified atom stereocenters. The summed E-state index contributed by atoms with van der Waals surface area (Å²) in [7, 11) is 1.58. The van der Waals surface area contributed by atoms with Crippen molar-refractivity contribution in [1.29, 1.82) is 0 Å². The number of hydrogen-bond acceptors (Lipinski definition) is 3. The first-order chi connectivity index (χ1) is 8.19. The molecule has 17 heavy (non-hydrogen) atoms. The Morgan fingerprint density at radius 1 is 1.41 bits per heavy atom. The van der Waals surface area contributed by atoms with Gasteiger partial charge in [-0.25, -0.2) is 0 Å². The molecule has 0 aliphatic heterocycles. The van der Waals surface area contributed by atoms with Gasteiger partial charge in [0.25, 0.3) is 5.91 Å². The van der Waals surface area contributed by atoms with E-state index in [1.54, 1.807) is 31.4 Å². The molecule has 88 valence electrons. The molecular formula is C12H10BrNO3. The molecule has 0 spiro atoms. The summed E-state index contributed by atoms with van der Waals surface area (Å²) in [5.41, 5.74) is 1.13. The summed E-state index contributed by atoms with van der Waals surface area (Å²) in [4.78, 5) is 11.8. The van der Waals surface area contributed by atoms with Gasteiger partial charge < -0.3 is 14.5 Å². The first-order valence-corrected chi connectivity index (χ1v) is 5.68. The number of amides is 1. The van der Waals surface area contributed by atoms with Crippen molar-refractivity contribution in [3.8, 4) is 5.75 Å². The molecule has 0 aliphatic carbocycles. The van der Waals surface area contributed by atoms with Crippen LogP contribution in [0.5, 0.6) is 5.75 Å². The van der Waals surface area contributed by atoms with E-state index in [1.165, 1.54) is 6.26 Å². The molecule has 0 fully saturated rings. The minimum atomic E-state index is -0.229. The lowest BCUT2D eigenvalue weighted by atomic mass is 10.2. The zero-order valence-electron chi connectivity index (χ0n) is 9.07. The summed E-state index contributed by atoms with van der Waals surface area (Å²) in [6.07, 6.45) is 1.39. The van der Waals surface area contributed by atoms with E-state index < -0.39 is 0 Å². The van der Waals surface area contributed by atoms with Gasteiger partial charge in [-0.05, 0) is 28.1 Å². The molecule has 0 saturated carbocycles. The van der Waals surface area contributed by atoms with Gasteiger partial charge in [0.15, 0.2) is 4.67 Å². The predicted molar refractivity (Wildman–Crippen MR) is 67.4 cm³/mol. The molecule has 2 aromatic rings. The highest BCUT2D eigenvalue weighted by Crippen LogP contribution is 2.19. The van der Waals surface area contributed by atoms with Crippen LogP contribution in [-0.2, 0) is 0 Å². The van der Waals surface area contributed by atoms with Crippen LogP contribution >= 0.6 is 15.9 Å². The Labute approximate surface area is 107 Å². The van der Waals surface area contributed by atoms with Crippen molar-refractivity contribution < 1.29 is 13.9 Å². The molecule has 1 aromatic heterocycles. The summed E-state index contributed by atoms with van der Waals surface area (Å²) in [6, 6.07) is 8.75. The second kappa shape index (κ2) is 5.05. The molecule has 0 saturated heterocycles. The standard InChI is InChI=1S/C12H10BrNO3/c1-16-10-4-2-3-9(6-10)14-12(15)8-5-11(13)17-7-8/h2-7H,1H3,(H,14,15). The van der Waals surface area contributed by atoms with Crippen molar-refractivity contribution in [2.45, 2.75) is 0 Å². The van der Waals surface area contributed by atoms with Crippen LogP contribution in [0.3, 0.4) is 0 Å². The fourth-order valence-electron chi connectivity index (χ4n) is 1.33. The normalized spacial score (nSPS) is 10.0. The van der Waals surface area contributed by atoms with Crippen LogP contribution in [0, 0.1) is 0 Å². The third-order valence-corrected chi connectivity index (χ3v) is 2.57. The molecule has 5 heteroatoms. The first-order valence-electron chi connectivity index (χ1n) is 4.88. The van der Waals surface area contributed by atoms with E-state index in [2.05, 4.69) is 21.2 Å². The van der Waals surface area contributed by atoms with Crippen molar-refractivity contribution in [1.82, 2.24) is 0 Å². The van der Waals surface area contributed by atoms with Crippen molar-refractivity contribution >= 4 is 27.5 Å². The summed E-state index contributed by atoms with van der Waals surface area (Å²) >= 11 is 3.14. The lowest BCUT2D eigenvalue weighted by molar-refractivity contribution is 0.102. The van der Waals surface area contributed by atoms with Crippen LogP contribution in [0.2, 0.25) is 0 Å². The van der Waals surface area contributed by atoms with Gasteiger partial charge in [0.1, 0.15) is 12.0 Å². The van der Waals surface area contributed by atoms with Crippen molar-refractivity contribution in [2.24, 2.45) is 0 Å². The molecule has 1 aromatic carbocycles. The zero-order chi connectivity index (χ0) is 12.3. The van der Waals surface area contributed by atoms with E-state index in [-0.39, 0.29) is 5.91 Å². The molecule has 4 nitrogen and oxygen atoms in total. The van der Waals surface area contributed by atoms with E-state index in [9.17, 15) is 4.79 Å². The molecule has 0 bridgehead atoms. The average Bonchev–Trinajstić information content (AvgIpc) is 2.76. The minimum Gasteiger partial charge on any atom is -0.497 e. The topological polar surface area (TPSA) is 51.5 Å². The maximum Gasteiger partial charge on any atom is 0.258 e. The molecule has 1 heterocycles. The Morgan fingerprint density at radius 3 is 2.88 bits per heavy atom. The molecule has 0 radical (unpaired) electrons. The quantitative estimate of drug-likeness (QED) is 0.945. The number of benzene rings is 1. The number of rotatable bonds is 3. The zero-order valence-corrected chi connectivity index (χ0v) is 10.7. The van der Waals surface area contributed by atoms with Gasteiger partial charge >= 0.3 is 0 Å². The Hall–Kier alpha value is -1.75. The van der Waals surface area contributed by atoms with Gasteiger partial charge in [0, 0.05) is 17.8 Å². The number of carbonyl (C=O) groups is 1. The maximum absolute atomic E-state index is 11.8. The third kappa shape index (κ3) is 2.88. The van der Waals surface area contributed by atoms with Gasteiger partial charge in [0.05, 0.1) is 12.7 Å². The molecular weight excluding hydrogens is 286 g/mol. The first kappa shape index (κ1) is 11.7. The highest BCUT2D eigenvalue weighted by molar-refractivity contribution is 9.10. The van der Waals surface area contributed by atoms with Crippen molar-refractivity contribution in [2.75, 3.05) is 12.4 Å². The Morgan fingerprint density at radius 2 is 2.24 bits per heavy atom. The number of anilines is 1. The fraction of sp³-hybridized carbons (Fsp3) is 0.0833. The van der Waals surface area contributed by atoms with Gasteiger partial charge in [0.2, 0.25) is 0 Å². The number of hydrogen-bond donors (Lipinski definition) is 1. The Balaban J connectivity index is 2.12. The van der Waals surface area contributed by atoms with Gasteiger partial charge in [-0.1, -0.05) is 6.07 Å². The number of furan rings is 1. The second-order valence-corrected chi connectivity index (χ2v) is 4.11. The van der Waals surface area contributed by atoms with E-state index in [4.69, 9.17) is 9.15 Å². The summed E-state index contributed by atoms with van der Waals surface area (Å²) in [6.45, 7) is 0. The molecule has 1 amide bonds. The number of carbonyl (C=O) groups excluding carboxylic acids is 1. The number of halogens is 1. The highest BCUT2D eigenvalue weighted by atomic mass is 79.9. The van der Waals surface area contributed by atoms with Crippen LogP contribution in [0.4, 0.5) is 5.69 Å². The van der Waals surface area contributed by atoms with Crippen LogP contribution in [0.1, 0.15) is 10.4 Å². The number of ether oxygens (including phenoxy) is 1. The van der Waals surface area contributed by atoms with Gasteiger partial charge in [-0.15, -0.1) is 0 Å². The van der Waals surface area contributed by atoms with Crippen molar-refractivity contribution in [3.05, 3.63) is 46.8 Å². The van der Waals surface area contributed by atoms with Crippen LogP contribution in [0.15, 0.2) is 45.7 Å². The largest absolute Gasteiger partial charge is 0.497 e. The van der Waals surface area contributed by atoms with Crippen LogP contribution < -0.4 is 10.1 Å². The SMILES string of the molecule is COc1cccc(NC(=O)c2coc(Br)c2)c1. The number of methoxy groups -OCH3 is 1. The Bertz CT molecular complexity index is 536. The molecule has 2 rings (SSSR count). The Kier molecular flexibility index (Phi) is 3.49. The minimum absolute atomic E-state index is 0.229. The predicted octanol–water partition coefficient (Wildman–Crippen LogP) is 3.30. The summed E-state index contributed by atoms with van der Waals surface area (Å²) in [5.74, 6) is 0.462. The molecule has 0 aliphatic rings. The van der Waals surface area contributed by atoms with Gasteiger partial charge in [-0.3, -0.25) is 4.79 Å². The lowest BCUT2D eigenvalue weighted by Crippen LogP contribution is -2.10.